The summed E-state index contributed by atoms with van der Waals surface area (Å²) in [5, 5.41) is 4.92. The summed E-state index contributed by atoms with van der Waals surface area (Å²) in [6.45, 7) is 8.27. The predicted molar refractivity (Wildman–Crippen MR) is 133 cm³/mol. The molecule has 7 heteroatoms. The van der Waals surface area contributed by atoms with Gasteiger partial charge in [0, 0.05) is 54.3 Å². The number of carbonyl (C=O) groups excluding carboxylic acids is 1. The molecule has 1 aliphatic heterocycles. The molecule has 0 unspecified atom stereocenters. The molecule has 0 atom stereocenters. The maximum atomic E-state index is 12.8. The average Bonchev–Trinajstić information content (AvgIpc) is 3.12. The minimum atomic E-state index is -0.127. The van der Waals surface area contributed by atoms with Gasteiger partial charge in [0.25, 0.3) is 11.5 Å². The van der Waals surface area contributed by atoms with Gasteiger partial charge >= 0.3 is 0 Å². The lowest BCUT2D eigenvalue weighted by atomic mass is 9.81. The van der Waals surface area contributed by atoms with Crippen LogP contribution in [0.1, 0.15) is 69.7 Å². The number of likely N-dealkylation sites (tertiary alicyclic amines) is 1. The van der Waals surface area contributed by atoms with E-state index in [0.29, 0.717) is 11.7 Å². The molecule has 2 aliphatic rings. The van der Waals surface area contributed by atoms with Crippen molar-refractivity contribution in [2.75, 3.05) is 20.2 Å². The number of nitrogens with zero attached hydrogens (tertiary/aromatic N) is 1. The SMILES string of the molecule is COC1CN(C2CCC(CCc3scc(C(=O)NCc4c(C)cc(C)[nH]c4=O)c3C)CC2)C1. The van der Waals surface area contributed by atoms with Gasteiger partial charge in [0.1, 0.15) is 0 Å². The standard InChI is InChI=1S/C26H37N3O3S/c1-16-11-17(2)28-26(31)22(16)12-27-25(30)23-15-33-24(18(23)3)10-7-19-5-8-20(9-6-19)29-13-21(14-29)32-4/h11,15,19-21H,5-10,12-14H2,1-4H3,(H,27,30)(H,28,31). The molecular weight excluding hydrogens is 434 g/mol. The molecule has 1 saturated heterocycles. The number of nitrogens with one attached hydrogen (secondary N) is 2. The third-order valence-corrected chi connectivity index (χ3v) is 8.78. The summed E-state index contributed by atoms with van der Waals surface area (Å²) in [5.41, 5.74) is 4.06. The molecule has 1 amide bonds. The van der Waals surface area contributed by atoms with Crippen LogP contribution in [0, 0.1) is 26.7 Å². The van der Waals surface area contributed by atoms with Crippen LogP contribution in [0.4, 0.5) is 0 Å². The zero-order valence-electron chi connectivity index (χ0n) is 20.3. The van der Waals surface area contributed by atoms with Gasteiger partial charge in [-0.3, -0.25) is 14.5 Å². The van der Waals surface area contributed by atoms with E-state index in [1.165, 1.54) is 37.0 Å². The van der Waals surface area contributed by atoms with Crippen LogP contribution in [0.5, 0.6) is 0 Å². The fourth-order valence-corrected chi connectivity index (χ4v) is 6.41. The Morgan fingerprint density at radius 3 is 2.61 bits per heavy atom. The number of H-pyrrole nitrogens is 1. The highest BCUT2D eigenvalue weighted by Crippen LogP contribution is 2.34. The molecule has 0 radical (unpaired) electrons. The number of amides is 1. The maximum Gasteiger partial charge on any atom is 0.253 e. The third-order valence-electron chi connectivity index (χ3n) is 7.63. The minimum Gasteiger partial charge on any atom is -0.379 e. The lowest BCUT2D eigenvalue weighted by Gasteiger charge is -2.46. The van der Waals surface area contributed by atoms with E-state index in [4.69, 9.17) is 4.74 Å². The summed E-state index contributed by atoms with van der Waals surface area (Å²) in [7, 11) is 1.81. The molecule has 180 valence electrons. The van der Waals surface area contributed by atoms with Crippen LogP contribution in [-0.2, 0) is 17.7 Å². The first-order chi connectivity index (χ1) is 15.9. The normalized spacial score (nSPS) is 21.7. The van der Waals surface area contributed by atoms with Gasteiger partial charge in [-0.1, -0.05) is 0 Å². The van der Waals surface area contributed by atoms with Crippen molar-refractivity contribution in [3.63, 3.8) is 0 Å². The van der Waals surface area contributed by atoms with Crippen molar-refractivity contribution in [2.45, 2.75) is 78.0 Å². The Hall–Kier alpha value is -1.96. The molecule has 1 saturated carbocycles. The van der Waals surface area contributed by atoms with E-state index >= 15 is 0 Å². The molecule has 2 aromatic heterocycles. The average molecular weight is 472 g/mol. The second-order valence-electron chi connectivity index (χ2n) is 9.85. The molecule has 0 aromatic carbocycles. The Balaban J connectivity index is 1.25. The van der Waals surface area contributed by atoms with Crippen LogP contribution in [0.15, 0.2) is 16.2 Å². The first-order valence-electron chi connectivity index (χ1n) is 12.2. The molecule has 1 aliphatic carbocycles. The summed E-state index contributed by atoms with van der Waals surface area (Å²) in [6.07, 6.45) is 7.91. The van der Waals surface area contributed by atoms with Gasteiger partial charge in [0.05, 0.1) is 11.7 Å². The van der Waals surface area contributed by atoms with Crippen LogP contribution in [0.2, 0.25) is 0 Å². The van der Waals surface area contributed by atoms with Crippen molar-refractivity contribution >= 4 is 17.2 Å². The summed E-state index contributed by atoms with van der Waals surface area (Å²) in [4.78, 5) is 31.7. The summed E-state index contributed by atoms with van der Waals surface area (Å²) >= 11 is 1.69. The largest absolute Gasteiger partial charge is 0.379 e. The van der Waals surface area contributed by atoms with E-state index in [-0.39, 0.29) is 18.0 Å². The highest BCUT2D eigenvalue weighted by atomic mass is 32.1. The van der Waals surface area contributed by atoms with Crippen LogP contribution < -0.4 is 10.9 Å². The minimum absolute atomic E-state index is 0.0983. The lowest BCUT2D eigenvalue weighted by Crippen LogP contribution is -2.56. The highest BCUT2D eigenvalue weighted by molar-refractivity contribution is 7.10. The molecule has 0 bridgehead atoms. The van der Waals surface area contributed by atoms with Gasteiger partial charge < -0.3 is 15.0 Å². The number of methoxy groups -OCH3 is 1. The second-order valence-corrected chi connectivity index (χ2v) is 10.8. The van der Waals surface area contributed by atoms with Crippen molar-refractivity contribution in [3.8, 4) is 0 Å². The van der Waals surface area contributed by atoms with E-state index in [1.54, 1.807) is 11.3 Å². The fourth-order valence-electron chi connectivity index (χ4n) is 5.34. The Morgan fingerprint density at radius 1 is 1.21 bits per heavy atom. The number of ether oxygens (including phenoxy) is 1. The zero-order chi connectivity index (χ0) is 23.5. The first kappa shape index (κ1) is 24.2. The third kappa shape index (κ3) is 5.58. The van der Waals surface area contributed by atoms with Crippen molar-refractivity contribution in [3.05, 3.63) is 54.6 Å². The van der Waals surface area contributed by atoms with E-state index < -0.39 is 0 Å². The Bertz CT molecular complexity index is 1030. The molecule has 6 nitrogen and oxygen atoms in total. The number of pyridine rings is 1. The van der Waals surface area contributed by atoms with E-state index in [1.807, 2.05) is 32.4 Å². The zero-order valence-corrected chi connectivity index (χ0v) is 21.1. The van der Waals surface area contributed by atoms with Gasteiger partial charge in [-0.05, 0) is 82.4 Å². The van der Waals surface area contributed by atoms with Crippen LogP contribution >= 0.6 is 11.3 Å². The monoisotopic (exact) mass is 471 g/mol. The van der Waals surface area contributed by atoms with Gasteiger partial charge in [-0.15, -0.1) is 11.3 Å². The Kier molecular flexibility index (Phi) is 7.72. The van der Waals surface area contributed by atoms with Crippen LogP contribution in [-0.4, -0.2) is 48.1 Å². The number of aryl methyl sites for hydroxylation is 3. The predicted octanol–water partition coefficient (Wildman–Crippen LogP) is 4.11. The molecule has 4 rings (SSSR count). The topological polar surface area (TPSA) is 74.4 Å². The number of hydrogen-bond acceptors (Lipinski definition) is 5. The van der Waals surface area contributed by atoms with Crippen molar-refractivity contribution in [1.82, 2.24) is 15.2 Å². The maximum absolute atomic E-state index is 12.8. The molecule has 2 N–H and O–H groups in total. The first-order valence-corrected chi connectivity index (χ1v) is 13.0. The Morgan fingerprint density at radius 2 is 1.94 bits per heavy atom. The molecule has 3 heterocycles. The highest BCUT2D eigenvalue weighted by Gasteiger charge is 2.34. The number of hydrogen-bond donors (Lipinski definition) is 2. The lowest BCUT2D eigenvalue weighted by molar-refractivity contribution is -0.0596. The van der Waals surface area contributed by atoms with Gasteiger partial charge in [-0.2, -0.15) is 0 Å². The molecule has 2 fully saturated rings. The molecular formula is C26H37N3O3S. The fraction of sp³-hybridized carbons (Fsp3) is 0.615. The molecule has 0 spiro atoms. The van der Waals surface area contributed by atoms with Gasteiger partial charge in [-0.25, -0.2) is 0 Å². The molecule has 2 aromatic rings. The smallest absolute Gasteiger partial charge is 0.253 e. The number of aromatic amines is 1. The van der Waals surface area contributed by atoms with Crippen molar-refractivity contribution in [1.29, 1.82) is 0 Å². The summed E-state index contributed by atoms with van der Waals surface area (Å²) < 4.78 is 5.41. The summed E-state index contributed by atoms with van der Waals surface area (Å²) in [5.74, 6) is 0.689. The van der Waals surface area contributed by atoms with E-state index in [9.17, 15) is 9.59 Å². The van der Waals surface area contributed by atoms with Gasteiger partial charge in [0.2, 0.25) is 0 Å². The van der Waals surface area contributed by atoms with Crippen LogP contribution in [0.25, 0.3) is 0 Å². The number of rotatable bonds is 8. The summed E-state index contributed by atoms with van der Waals surface area (Å²) in [6, 6.07) is 2.68. The van der Waals surface area contributed by atoms with Gasteiger partial charge in [0.15, 0.2) is 0 Å². The van der Waals surface area contributed by atoms with E-state index in [2.05, 4.69) is 22.1 Å². The van der Waals surface area contributed by atoms with Crippen molar-refractivity contribution < 1.29 is 9.53 Å². The second kappa shape index (κ2) is 10.5. The quantitative estimate of drug-likeness (QED) is 0.608. The number of thiophene rings is 1. The van der Waals surface area contributed by atoms with E-state index in [0.717, 1.165) is 53.9 Å². The number of carbonyl (C=O) groups is 1. The van der Waals surface area contributed by atoms with Crippen LogP contribution in [0.3, 0.4) is 0 Å². The van der Waals surface area contributed by atoms with Crippen molar-refractivity contribution in [2.24, 2.45) is 5.92 Å². The Labute approximate surface area is 200 Å². The molecule has 33 heavy (non-hydrogen) atoms. The number of aromatic nitrogens is 1.